The van der Waals surface area contributed by atoms with Crippen molar-refractivity contribution >= 4 is 28.3 Å². The monoisotopic (exact) mass is 419 g/mol. The van der Waals surface area contributed by atoms with E-state index >= 15 is 0 Å². The highest BCUT2D eigenvalue weighted by molar-refractivity contribution is 6.04. The molecule has 2 N–H and O–H groups in total. The van der Waals surface area contributed by atoms with Crippen LogP contribution in [0, 0.1) is 6.92 Å². The SMILES string of the molecule is CNc1cc2ncc(-c3cc(NC(=O)c4ccnc(C(F)F)c4)ccc3C)cc2cn1. The predicted molar refractivity (Wildman–Crippen MR) is 116 cm³/mol. The fraction of sp³-hybridized carbons (Fsp3) is 0.130. The predicted octanol–water partition coefficient (Wildman–Crippen LogP) is 5.23. The number of hydrogen-bond acceptors (Lipinski definition) is 5. The topological polar surface area (TPSA) is 79.8 Å². The van der Waals surface area contributed by atoms with Crippen molar-refractivity contribution in [3.63, 3.8) is 0 Å². The Balaban J connectivity index is 1.63. The standard InChI is InChI=1S/C23H19F2N5O/c1-13-3-4-17(30-23(31)14-5-6-27-20(8-14)22(24)25)9-18(13)15-7-16-12-29-21(26-2)10-19(16)28-11-15/h3-12,22H,1-2H3,(H,26,29)(H,30,31). The molecule has 0 aliphatic rings. The smallest absolute Gasteiger partial charge is 0.280 e. The Morgan fingerprint density at radius 2 is 1.84 bits per heavy atom. The number of halogens is 2. The molecule has 6 nitrogen and oxygen atoms in total. The number of benzene rings is 1. The highest BCUT2D eigenvalue weighted by atomic mass is 19.3. The summed E-state index contributed by atoms with van der Waals surface area (Å²) in [5.41, 5.74) is 3.82. The van der Waals surface area contributed by atoms with E-state index in [-0.39, 0.29) is 5.56 Å². The number of aryl methyl sites for hydroxylation is 1. The summed E-state index contributed by atoms with van der Waals surface area (Å²) in [6.45, 7) is 1.96. The summed E-state index contributed by atoms with van der Waals surface area (Å²) < 4.78 is 25.7. The number of pyridine rings is 3. The fourth-order valence-corrected chi connectivity index (χ4v) is 3.23. The van der Waals surface area contributed by atoms with Gasteiger partial charge in [0.1, 0.15) is 11.5 Å². The van der Waals surface area contributed by atoms with Crippen molar-refractivity contribution in [2.45, 2.75) is 13.3 Å². The van der Waals surface area contributed by atoms with Gasteiger partial charge < -0.3 is 10.6 Å². The zero-order valence-corrected chi connectivity index (χ0v) is 16.9. The van der Waals surface area contributed by atoms with Gasteiger partial charge in [-0.1, -0.05) is 6.07 Å². The van der Waals surface area contributed by atoms with Crippen LogP contribution in [0.3, 0.4) is 0 Å². The number of fused-ring (bicyclic) bond motifs is 1. The van der Waals surface area contributed by atoms with Crippen molar-refractivity contribution in [1.29, 1.82) is 0 Å². The second-order valence-electron chi connectivity index (χ2n) is 6.99. The minimum absolute atomic E-state index is 0.117. The summed E-state index contributed by atoms with van der Waals surface area (Å²) in [7, 11) is 1.80. The largest absolute Gasteiger partial charge is 0.373 e. The highest BCUT2D eigenvalue weighted by Crippen LogP contribution is 2.29. The van der Waals surface area contributed by atoms with E-state index < -0.39 is 18.0 Å². The third-order valence-corrected chi connectivity index (χ3v) is 4.90. The molecule has 0 spiro atoms. The number of anilines is 2. The summed E-state index contributed by atoms with van der Waals surface area (Å²) in [5, 5.41) is 6.64. The molecule has 156 valence electrons. The van der Waals surface area contributed by atoms with E-state index in [9.17, 15) is 13.6 Å². The molecule has 0 atom stereocenters. The Kier molecular flexibility index (Phi) is 5.53. The van der Waals surface area contributed by atoms with Gasteiger partial charge in [0.15, 0.2) is 0 Å². The van der Waals surface area contributed by atoms with E-state index in [0.717, 1.165) is 39.5 Å². The van der Waals surface area contributed by atoms with Crippen molar-refractivity contribution in [3.8, 4) is 11.1 Å². The average Bonchev–Trinajstić information content (AvgIpc) is 2.79. The number of hydrogen-bond donors (Lipinski definition) is 2. The average molecular weight is 419 g/mol. The lowest BCUT2D eigenvalue weighted by Crippen LogP contribution is -2.12. The number of carbonyl (C=O) groups is 1. The van der Waals surface area contributed by atoms with Gasteiger partial charge in [-0.2, -0.15) is 0 Å². The van der Waals surface area contributed by atoms with E-state index in [1.807, 2.05) is 31.2 Å². The van der Waals surface area contributed by atoms with E-state index in [1.165, 1.54) is 12.3 Å². The minimum Gasteiger partial charge on any atom is -0.373 e. The van der Waals surface area contributed by atoms with Gasteiger partial charge in [-0.3, -0.25) is 14.8 Å². The number of nitrogens with zero attached hydrogens (tertiary/aromatic N) is 3. The zero-order valence-electron chi connectivity index (χ0n) is 16.9. The van der Waals surface area contributed by atoms with Gasteiger partial charge in [0.2, 0.25) is 0 Å². The number of rotatable bonds is 5. The molecule has 0 aliphatic carbocycles. The molecule has 3 aromatic heterocycles. The van der Waals surface area contributed by atoms with Crippen molar-refractivity contribution in [2.24, 2.45) is 0 Å². The first kappa shape index (κ1) is 20.3. The minimum atomic E-state index is -2.74. The maximum Gasteiger partial charge on any atom is 0.280 e. The molecule has 8 heteroatoms. The van der Waals surface area contributed by atoms with Crippen molar-refractivity contribution in [1.82, 2.24) is 15.0 Å². The summed E-state index contributed by atoms with van der Waals surface area (Å²) in [4.78, 5) is 25.0. The van der Waals surface area contributed by atoms with Crippen LogP contribution in [0.4, 0.5) is 20.3 Å². The molecule has 31 heavy (non-hydrogen) atoms. The first-order valence-electron chi connectivity index (χ1n) is 9.54. The molecule has 0 saturated heterocycles. The Morgan fingerprint density at radius 1 is 1.00 bits per heavy atom. The molecule has 0 fully saturated rings. The van der Waals surface area contributed by atoms with E-state index in [4.69, 9.17) is 0 Å². The third kappa shape index (κ3) is 4.32. The van der Waals surface area contributed by atoms with Crippen molar-refractivity contribution in [2.75, 3.05) is 17.7 Å². The first-order chi connectivity index (χ1) is 14.9. The van der Waals surface area contributed by atoms with Crippen LogP contribution < -0.4 is 10.6 Å². The normalized spacial score (nSPS) is 11.0. The molecule has 0 aliphatic heterocycles. The molecule has 0 radical (unpaired) electrons. The second-order valence-corrected chi connectivity index (χ2v) is 6.99. The van der Waals surface area contributed by atoms with Gasteiger partial charge in [-0.05, 0) is 48.4 Å². The molecule has 3 heterocycles. The van der Waals surface area contributed by atoms with Crippen LogP contribution in [0.15, 0.2) is 61.1 Å². The van der Waals surface area contributed by atoms with Crippen molar-refractivity contribution < 1.29 is 13.6 Å². The van der Waals surface area contributed by atoms with Gasteiger partial charge >= 0.3 is 0 Å². The van der Waals surface area contributed by atoms with Crippen LogP contribution in [0.1, 0.15) is 28.0 Å². The third-order valence-electron chi connectivity index (χ3n) is 4.90. The quantitative estimate of drug-likeness (QED) is 0.463. The maximum atomic E-state index is 12.9. The van der Waals surface area contributed by atoms with Gasteiger partial charge in [0.25, 0.3) is 12.3 Å². The lowest BCUT2D eigenvalue weighted by atomic mass is 10.00. The first-order valence-corrected chi connectivity index (χ1v) is 9.54. The van der Waals surface area contributed by atoms with Gasteiger partial charge in [0, 0.05) is 53.9 Å². The van der Waals surface area contributed by atoms with E-state index in [0.29, 0.717) is 5.69 Å². The van der Waals surface area contributed by atoms with Crippen molar-refractivity contribution in [3.05, 3.63) is 77.9 Å². The second kappa shape index (κ2) is 8.43. The summed E-state index contributed by atoms with van der Waals surface area (Å²) in [6.07, 6.45) is 1.99. The lowest BCUT2D eigenvalue weighted by Gasteiger charge is -2.12. The molecule has 1 amide bonds. The Morgan fingerprint density at radius 3 is 2.61 bits per heavy atom. The van der Waals surface area contributed by atoms with E-state index in [2.05, 4.69) is 25.6 Å². The molecule has 0 saturated carbocycles. The maximum absolute atomic E-state index is 12.9. The molecule has 0 unspecified atom stereocenters. The lowest BCUT2D eigenvalue weighted by molar-refractivity contribution is 0.102. The number of nitrogens with one attached hydrogen (secondary N) is 2. The van der Waals surface area contributed by atoms with Gasteiger partial charge in [0.05, 0.1) is 5.52 Å². The summed E-state index contributed by atoms with van der Waals surface area (Å²) in [6, 6.07) is 11.8. The Bertz CT molecular complexity index is 1280. The molecular formula is C23H19F2N5O. The van der Waals surface area contributed by atoms with Crippen LogP contribution in [0.5, 0.6) is 0 Å². The van der Waals surface area contributed by atoms with Crippen LogP contribution in [-0.4, -0.2) is 27.9 Å². The molecule has 4 rings (SSSR count). The van der Waals surface area contributed by atoms with Crippen LogP contribution in [-0.2, 0) is 0 Å². The van der Waals surface area contributed by atoms with Crippen LogP contribution in [0.2, 0.25) is 0 Å². The Labute approximate surface area is 177 Å². The number of aromatic nitrogens is 3. The highest BCUT2D eigenvalue weighted by Gasteiger charge is 2.14. The van der Waals surface area contributed by atoms with Crippen LogP contribution >= 0.6 is 0 Å². The summed E-state index contributed by atoms with van der Waals surface area (Å²) >= 11 is 0. The molecule has 4 aromatic rings. The Hall–Kier alpha value is -3.94. The number of amides is 1. The summed E-state index contributed by atoms with van der Waals surface area (Å²) in [5.74, 6) is 0.249. The van der Waals surface area contributed by atoms with Crippen LogP contribution in [0.25, 0.3) is 22.0 Å². The zero-order chi connectivity index (χ0) is 22.0. The molecule has 0 bridgehead atoms. The van der Waals surface area contributed by atoms with Gasteiger partial charge in [-0.25, -0.2) is 13.8 Å². The molecule has 1 aromatic carbocycles. The molecular weight excluding hydrogens is 400 g/mol. The fourth-order valence-electron chi connectivity index (χ4n) is 3.23. The van der Waals surface area contributed by atoms with E-state index in [1.54, 1.807) is 25.5 Å². The number of alkyl halides is 2. The number of carbonyl (C=O) groups excluding carboxylic acids is 1. The van der Waals surface area contributed by atoms with Gasteiger partial charge in [-0.15, -0.1) is 0 Å².